The number of urea groups is 1. The molecule has 0 saturated heterocycles. The topological polar surface area (TPSA) is 80.3 Å². The predicted molar refractivity (Wildman–Crippen MR) is 98.5 cm³/mol. The number of fused-ring (bicyclic) bond motifs is 1. The molecule has 0 radical (unpaired) electrons. The third kappa shape index (κ3) is 4.13. The molecular weight excluding hydrogens is 338 g/mol. The molecule has 7 heteroatoms. The molecule has 0 spiro atoms. The first-order chi connectivity index (χ1) is 12.2. The van der Waals surface area contributed by atoms with Crippen molar-refractivity contribution in [1.29, 1.82) is 0 Å². The van der Waals surface area contributed by atoms with Crippen LogP contribution in [-0.4, -0.2) is 23.8 Å². The molecule has 1 heterocycles. The van der Waals surface area contributed by atoms with Gasteiger partial charge >= 0.3 is 6.03 Å². The summed E-state index contributed by atoms with van der Waals surface area (Å²) in [6, 6.07) is 12.9. The van der Waals surface area contributed by atoms with E-state index in [2.05, 4.69) is 15.6 Å². The summed E-state index contributed by atoms with van der Waals surface area (Å²) < 4.78 is 6.49. The normalized spacial score (nSPS) is 10.4. The summed E-state index contributed by atoms with van der Waals surface area (Å²) in [5.41, 5.74) is 2.14. The lowest BCUT2D eigenvalue weighted by Crippen LogP contribution is -2.28. The summed E-state index contributed by atoms with van der Waals surface area (Å²) in [5.74, 6) is 0.563. The fourth-order valence-corrected chi connectivity index (χ4v) is 3.21. The first-order valence-electron chi connectivity index (χ1n) is 7.81. The standard InChI is InChI=1S/C18H17N3O3S/c1-2-19-17(23)21-18-20-15-9-14(8-13(10-22)16(15)25-18)24-11-12-6-4-3-5-7-12/h3-10H,2,11H2,1H3,(H2,19,20,21,23). The number of aldehydes is 1. The van der Waals surface area contributed by atoms with E-state index in [-0.39, 0.29) is 6.03 Å². The van der Waals surface area contributed by atoms with Crippen molar-refractivity contribution in [2.45, 2.75) is 13.5 Å². The van der Waals surface area contributed by atoms with Crippen LogP contribution in [0.25, 0.3) is 10.2 Å². The highest BCUT2D eigenvalue weighted by molar-refractivity contribution is 7.22. The van der Waals surface area contributed by atoms with E-state index in [1.807, 2.05) is 37.3 Å². The third-order valence-electron chi connectivity index (χ3n) is 3.43. The summed E-state index contributed by atoms with van der Waals surface area (Å²) in [6.07, 6.45) is 0.770. The highest BCUT2D eigenvalue weighted by Gasteiger charge is 2.12. The molecule has 0 aliphatic carbocycles. The molecule has 2 aromatic carbocycles. The number of ether oxygens (including phenoxy) is 1. The Hall–Kier alpha value is -2.93. The van der Waals surface area contributed by atoms with Crippen LogP contribution in [0.5, 0.6) is 5.75 Å². The molecule has 2 amide bonds. The predicted octanol–water partition coefficient (Wildman–Crippen LogP) is 3.83. The van der Waals surface area contributed by atoms with Crippen molar-refractivity contribution in [3.63, 3.8) is 0 Å². The second kappa shape index (κ2) is 7.76. The molecule has 2 N–H and O–H groups in total. The molecule has 0 bridgehead atoms. The Morgan fingerprint density at radius 2 is 2.08 bits per heavy atom. The van der Waals surface area contributed by atoms with Crippen LogP contribution in [0.15, 0.2) is 42.5 Å². The quantitative estimate of drug-likeness (QED) is 0.659. The monoisotopic (exact) mass is 355 g/mol. The smallest absolute Gasteiger partial charge is 0.321 e. The van der Waals surface area contributed by atoms with Crippen molar-refractivity contribution < 1.29 is 14.3 Å². The summed E-state index contributed by atoms with van der Waals surface area (Å²) in [5, 5.41) is 5.74. The molecule has 0 atom stereocenters. The Morgan fingerprint density at radius 1 is 1.28 bits per heavy atom. The van der Waals surface area contributed by atoms with Gasteiger partial charge in [0, 0.05) is 18.2 Å². The van der Waals surface area contributed by atoms with Crippen LogP contribution < -0.4 is 15.4 Å². The van der Waals surface area contributed by atoms with E-state index in [1.54, 1.807) is 12.1 Å². The number of carbonyl (C=O) groups excluding carboxylic acids is 2. The molecule has 0 unspecified atom stereocenters. The van der Waals surface area contributed by atoms with Gasteiger partial charge in [-0.05, 0) is 18.6 Å². The average molecular weight is 355 g/mol. The SMILES string of the molecule is CCNC(=O)Nc1nc2cc(OCc3ccccc3)cc(C=O)c2s1. The van der Waals surface area contributed by atoms with Crippen molar-refractivity contribution >= 4 is 39.0 Å². The second-order valence-electron chi connectivity index (χ2n) is 5.26. The highest BCUT2D eigenvalue weighted by atomic mass is 32.1. The van der Waals surface area contributed by atoms with Gasteiger partial charge in [-0.25, -0.2) is 9.78 Å². The summed E-state index contributed by atoms with van der Waals surface area (Å²) in [6.45, 7) is 2.76. The number of nitrogens with zero attached hydrogens (tertiary/aromatic N) is 1. The van der Waals surface area contributed by atoms with E-state index in [0.29, 0.717) is 39.8 Å². The zero-order valence-electron chi connectivity index (χ0n) is 13.6. The van der Waals surface area contributed by atoms with Gasteiger partial charge in [-0.1, -0.05) is 41.7 Å². The van der Waals surface area contributed by atoms with Gasteiger partial charge in [0.25, 0.3) is 0 Å². The number of anilines is 1. The summed E-state index contributed by atoms with van der Waals surface area (Å²) in [4.78, 5) is 27.4. The number of nitrogens with one attached hydrogen (secondary N) is 2. The summed E-state index contributed by atoms with van der Waals surface area (Å²) in [7, 11) is 0. The molecule has 128 valence electrons. The van der Waals surface area contributed by atoms with E-state index in [9.17, 15) is 9.59 Å². The maximum atomic E-state index is 11.6. The van der Waals surface area contributed by atoms with Crippen molar-refractivity contribution in [1.82, 2.24) is 10.3 Å². The number of rotatable bonds is 6. The molecule has 6 nitrogen and oxygen atoms in total. The molecule has 0 aliphatic rings. The fraction of sp³-hybridized carbons (Fsp3) is 0.167. The second-order valence-corrected chi connectivity index (χ2v) is 6.26. The molecule has 25 heavy (non-hydrogen) atoms. The molecule has 3 rings (SSSR count). The third-order valence-corrected chi connectivity index (χ3v) is 4.46. The van der Waals surface area contributed by atoms with E-state index in [1.165, 1.54) is 11.3 Å². The molecule has 0 saturated carbocycles. The largest absolute Gasteiger partial charge is 0.489 e. The van der Waals surface area contributed by atoms with E-state index in [0.717, 1.165) is 11.8 Å². The van der Waals surface area contributed by atoms with Crippen LogP contribution in [-0.2, 0) is 6.61 Å². The van der Waals surface area contributed by atoms with Gasteiger partial charge in [-0.2, -0.15) is 0 Å². The lowest BCUT2D eigenvalue weighted by atomic mass is 10.2. The number of carbonyl (C=O) groups is 2. The van der Waals surface area contributed by atoms with Gasteiger partial charge in [0.2, 0.25) is 0 Å². The minimum Gasteiger partial charge on any atom is -0.489 e. The molecule has 1 aromatic heterocycles. The molecule has 3 aromatic rings. The van der Waals surface area contributed by atoms with Crippen LogP contribution in [0.3, 0.4) is 0 Å². The van der Waals surface area contributed by atoms with E-state index < -0.39 is 0 Å². The Labute approximate surface area is 148 Å². The molecule has 0 aliphatic heterocycles. The highest BCUT2D eigenvalue weighted by Crippen LogP contribution is 2.32. The van der Waals surface area contributed by atoms with Gasteiger partial charge in [-0.3, -0.25) is 10.1 Å². The zero-order chi connectivity index (χ0) is 17.6. The van der Waals surface area contributed by atoms with Crippen molar-refractivity contribution in [3.05, 3.63) is 53.6 Å². The van der Waals surface area contributed by atoms with Crippen LogP contribution in [0.2, 0.25) is 0 Å². The van der Waals surface area contributed by atoms with Gasteiger partial charge in [0.15, 0.2) is 11.4 Å². The first-order valence-corrected chi connectivity index (χ1v) is 8.62. The van der Waals surface area contributed by atoms with Gasteiger partial charge in [-0.15, -0.1) is 0 Å². The maximum absolute atomic E-state index is 11.6. The number of hydrogen-bond donors (Lipinski definition) is 2. The van der Waals surface area contributed by atoms with E-state index in [4.69, 9.17) is 4.74 Å². The Bertz CT molecular complexity index is 893. The number of aromatic nitrogens is 1. The van der Waals surface area contributed by atoms with Crippen LogP contribution in [0, 0.1) is 0 Å². The number of hydrogen-bond acceptors (Lipinski definition) is 5. The van der Waals surface area contributed by atoms with Gasteiger partial charge in [0.05, 0.1) is 10.2 Å². The Morgan fingerprint density at radius 3 is 2.80 bits per heavy atom. The van der Waals surface area contributed by atoms with Crippen LogP contribution in [0.1, 0.15) is 22.8 Å². The Kier molecular flexibility index (Phi) is 5.25. The minimum atomic E-state index is -0.324. The Balaban J connectivity index is 1.83. The average Bonchev–Trinajstić information content (AvgIpc) is 3.02. The van der Waals surface area contributed by atoms with Crippen molar-refractivity contribution in [2.24, 2.45) is 0 Å². The van der Waals surface area contributed by atoms with Crippen molar-refractivity contribution in [2.75, 3.05) is 11.9 Å². The van der Waals surface area contributed by atoms with Gasteiger partial charge < -0.3 is 10.1 Å². The number of thiazole rings is 1. The minimum absolute atomic E-state index is 0.324. The van der Waals surface area contributed by atoms with Crippen LogP contribution in [0.4, 0.5) is 9.93 Å². The summed E-state index contributed by atoms with van der Waals surface area (Å²) >= 11 is 1.26. The molecule has 0 fully saturated rings. The number of amides is 2. The van der Waals surface area contributed by atoms with Crippen molar-refractivity contribution in [3.8, 4) is 5.75 Å². The number of benzene rings is 2. The van der Waals surface area contributed by atoms with Gasteiger partial charge in [0.1, 0.15) is 12.4 Å². The lowest BCUT2D eigenvalue weighted by molar-refractivity contribution is 0.112. The zero-order valence-corrected chi connectivity index (χ0v) is 14.4. The maximum Gasteiger partial charge on any atom is 0.321 e. The molecular formula is C18H17N3O3S. The van der Waals surface area contributed by atoms with E-state index >= 15 is 0 Å². The lowest BCUT2D eigenvalue weighted by Gasteiger charge is -2.07. The fourth-order valence-electron chi connectivity index (χ4n) is 2.30. The van der Waals surface area contributed by atoms with Crippen LogP contribution >= 0.6 is 11.3 Å². The first kappa shape index (κ1) is 16.9.